The molecule has 0 aliphatic heterocycles. The summed E-state index contributed by atoms with van der Waals surface area (Å²) in [6.45, 7) is 3.10. The molecule has 0 saturated heterocycles. The van der Waals surface area contributed by atoms with Crippen molar-refractivity contribution in [3.8, 4) is 0 Å². The van der Waals surface area contributed by atoms with Crippen molar-refractivity contribution < 1.29 is 14.0 Å². The van der Waals surface area contributed by atoms with Gasteiger partial charge in [0.15, 0.2) is 5.69 Å². The van der Waals surface area contributed by atoms with Crippen LogP contribution in [0.15, 0.2) is 0 Å². The standard InChI is InChI=1S/C13H19FN4O2/c1-7-11(15-8(2)19)12(18-17-7)13(20)16-10-5-3-9(14)4-6-10/h9-10H,3-6H2,1-2H3,(H,15,19)(H,16,20)(H,17,18). The van der Waals surface area contributed by atoms with E-state index >= 15 is 0 Å². The molecule has 1 fully saturated rings. The molecule has 1 aliphatic carbocycles. The van der Waals surface area contributed by atoms with Gasteiger partial charge >= 0.3 is 0 Å². The van der Waals surface area contributed by atoms with E-state index in [1.807, 2.05) is 0 Å². The SMILES string of the molecule is CC(=O)Nc1c(C(=O)NC2CCC(F)CC2)n[nH]c1C. The van der Waals surface area contributed by atoms with Crippen molar-refractivity contribution in [3.63, 3.8) is 0 Å². The highest BCUT2D eigenvalue weighted by molar-refractivity contribution is 6.02. The average Bonchev–Trinajstić information content (AvgIpc) is 2.73. The maximum absolute atomic E-state index is 13.1. The first-order chi connectivity index (χ1) is 9.47. The van der Waals surface area contributed by atoms with Crippen LogP contribution >= 0.6 is 0 Å². The van der Waals surface area contributed by atoms with Crippen molar-refractivity contribution in [2.24, 2.45) is 0 Å². The quantitative estimate of drug-likeness (QED) is 0.788. The molecule has 1 saturated carbocycles. The Morgan fingerprint density at radius 1 is 1.30 bits per heavy atom. The second kappa shape index (κ2) is 6.02. The van der Waals surface area contributed by atoms with E-state index in [2.05, 4.69) is 20.8 Å². The van der Waals surface area contributed by atoms with E-state index in [4.69, 9.17) is 0 Å². The number of H-pyrrole nitrogens is 1. The molecule has 0 spiro atoms. The van der Waals surface area contributed by atoms with Gasteiger partial charge in [0.2, 0.25) is 5.91 Å². The molecule has 1 aliphatic rings. The number of halogens is 1. The lowest BCUT2D eigenvalue weighted by atomic mass is 9.94. The van der Waals surface area contributed by atoms with Crippen LogP contribution in [0.4, 0.5) is 10.1 Å². The van der Waals surface area contributed by atoms with Crippen molar-refractivity contribution in [1.29, 1.82) is 0 Å². The minimum atomic E-state index is -0.759. The van der Waals surface area contributed by atoms with Crippen LogP contribution in [0.25, 0.3) is 0 Å². The third kappa shape index (κ3) is 3.34. The lowest BCUT2D eigenvalue weighted by Crippen LogP contribution is -2.38. The number of nitrogens with zero attached hydrogens (tertiary/aromatic N) is 1. The van der Waals surface area contributed by atoms with E-state index in [0.717, 1.165) is 0 Å². The van der Waals surface area contributed by atoms with Gasteiger partial charge < -0.3 is 10.6 Å². The van der Waals surface area contributed by atoms with Crippen molar-refractivity contribution in [2.75, 3.05) is 5.32 Å². The topological polar surface area (TPSA) is 86.9 Å². The van der Waals surface area contributed by atoms with Crippen LogP contribution in [0.1, 0.15) is 48.8 Å². The summed E-state index contributed by atoms with van der Waals surface area (Å²) < 4.78 is 13.1. The Morgan fingerprint density at radius 2 is 1.95 bits per heavy atom. The van der Waals surface area contributed by atoms with Gasteiger partial charge in [-0.25, -0.2) is 4.39 Å². The zero-order chi connectivity index (χ0) is 14.7. The molecule has 0 bridgehead atoms. The summed E-state index contributed by atoms with van der Waals surface area (Å²) in [6, 6.07) is -0.0308. The maximum Gasteiger partial charge on any atom is 0.274 e. The first-order valence-corrected chi connectivity index (χ1v) is 6.75. The molecule has 0 atom stereocenters. The van der Waals surface area contributed by atoms with Gasteiger partial charge in [-0.3, -0.25) is 14.7 Å². The Bertz CT molecular complexity index is 506. The van der Waals surface area contributed by atoms with Gasteiger partial charge in [0, 0.05) is 13.0 Å². The molecule has 0 unspecified atom stereocenters. The molecule has 3 N–H and O–H groups in total. The van der Waals surface area contributed by atoms with E-state index in [1.165, 1.54) is 6.92 Å². The van der Waals surface area contributed by atoms with Crippen LogP contribution in [0.2, 0.25) is 0 Å². The van der Waals surface area contributed by atoms with Crippen LogP contribution in [0, 0.1) is 6.92 Å². The van der Waals surface area contributed by atoms with Crippen LogP contribution < -0.4 is 10.6 Å². The second-order valence-electron chi connectivity index (χ2n) is 5.18. The van der Waals surface area contributed by atoms with Crippen LogP contribution in [0.3, 0.4) is 0 Å². The number of anilines is 1. The van der Waals surface area contributed by atoms with Crippen LogP contribution in [-0.4, -0.2) is 34.2 Å². The number of amides is 2. The van der Waals surface area contributed by atoms with E-state index in [9.17, 15) is 14.0 Å². The Hall–Kier alpha value is -1.92. The summed E-state index contributed by atoms with van der Waals surface area (Å²) in [5, 5.41) is 12.0. The average molecular weight is 282 g/mol. The van der Waals surface area contributed by atoms with Gasteiger partial charge in [0.25, 0.3) is 5.91 Å². The van der Waals surface area contributed by atoms with Crippen molar-refractivity contribution in [2.45, 2.75) is 51.7 Å². The zero-order valence-electron chi connectivity index (χ0n) is 11.6. The first-order valence-electron chi connectivity index (χ1n) is 6.75. The van der Waals surface area contributed by atoms with Crippen molar-refractivity contribution in [1.82, 2.24) is 15.5 Å². The predicted octanol–water partition coefficient (Wildman–Crippen LogP) is 1.69. The molecule has 1 aromatic heterocycles. The minimum absolute atomic E-state index is 0.0308. The van der Waals surface area contributed by atoms with Gasteiger partial charge in [-0.2, -0.15) is 5.10 Å². The number of carbonyl (C=O) groups excluding carboxylic acids is 2. The first kappa shape index (κ1) is 14.5. The summed E-state index contributed by atoms with van der Waals surface area (Å²) in [6.07, 6.45) is 1.45. The summed E-state index contributed by atoms with van der Waals surface area (Å²) >= 11 is 0. The molecular formula is C13H19FN4O2. The molecule has 7 heteroatoms. The van der Waals surface area contributed by atoms with Crippen LogP contribution in [0.5, 0.6) is 0 Å². The number of aryl methyl sites for hydroxylation is 1. The maximum atomic E-state index is 13.1. The third-order valence-electron chi connectivity index (χ3n) is 3.46. The summed E-state index contributed by atoms with van der Waals surface area (Å²) in [7, 11) is 0. The molecule has 110 valence electrons. The molecule has 6 nitrogen and oxygen atoms in total. The van der Waals surface area contributed by atoms with Crippen LogP contribution in [-0.2, 0) is 4.79 Å². The lowest BCUT2D eigenvalue weighted by molar-refractivity contribution is -0.114. The Kier molecular flexibility index (Phi) is 4.36. The lowest BCUT2D eigenvalue weighted by Gasteiger charge is -2.24. The summed E-state index contributed by atoms with van der Waals surface area (Å²) in [5.41, 5.74) is 1.19. The number of hydrogen-bond acceptors (Lipinski definition) is 3. The highest BCUT2D eigenvalue weighted by atomic mass is 19.1. The molecular weight excluding hydrogens is 263 g/mol. The van der Waals surface area contributed by atoms with E-state index in [1.54, 1.807) is 6.92 Å². The number of rotatable bonds is 3. The van der Waals surface area contributed by atoms with Gasteiger partial charge in [-0.1, -0.05) is 0 Å². The van der Waals surface area contributed by atoms with Gasteiger partial charge in [0.05, 0.1) is 11.4 Å². The highest BCUT2D eigenvalue weighted by Crippen LogP contribution is 2.22. The minimum Gasteiger partial charge on any atom is -0.348 e. The Labute approximate surface area is 116 Å². The monoisotopic (exact) mass is 282 g/mol. The Balaban J connectivity index is 2.04. The summed E-state index contributed by atoms with van der Waals surface area (Å²) in [5.74, 6) is -0.609. The predicted molar refractivity (Wildman–Crippen MR) is 72.2 cm³/mol. The number of hydrogen-bond donors (Lipinski definition) is 3. The number of nitrogens with one attached hydrogen (secondary N) is 3. The van der Waals surface area contributed by atoms with Gasteiger partial charge in [0.1, 0.15) is 6.17 Å². The van der Waals surface area contributed by atoms with Gasteiger partial charge in [-0.05, 0) is 32.6 Å². The smallest absolute Gasteiger partial charge is 0.274 e. The highest BCUT2D eigenvalue weighted by Gasteiger charge is 2.25. The molecule has 1 aromatic rings. The Morgan fingerprint density at radius 3 is 2.55 bits per heavy atom. The van der Waals surface area contributed by atoms with E-state index < -0.39 is 6.17 Å². The summed E-state index contributed by atoms with van der Waals surface area (Å²) in [4.78, 5) is 23.3. The second-order valence-corrected chi connectivity index (χ2v) is 5.18. The number of alkyl halides is 1. The molecule has 20 heavy (non-hydrogen) atoms. The van der Waals surface area contributed by atoms with E-state index in [-0.39, 0.29) is 23.6 Å². The molecule has 2 amide bonds. The number of aromatic nitrogens is 2. The normalized spacial score (nSPS) is 22.4. The van der Waals surface area contributed by atoms with Crippen molar-refractivity contribution in [3.05, 3.63) is 11.4 Å². The van der Waals surface area contributed by atoms with Crippen molar-refractivity contribution >= 4 is 17.5 Å². The number of carbonyl (C=O) groups is 2. The van der Waals surface area contributed by atoms with E-state index in [0.29, 0.717) is 37.1 Å². The molecule has 1 heterocycles. The largest absolute Gasteiger partial charge is 0.348 e. The number of aromatic amines is 1. The molecule has 2 rings (SSSR count). The third-order valence-corrected chi connectivity index (χ3v) is 3.46. The molecule has 0 aromatic carbocycles. The van der Waals surface area contributed by atoms with Gasteiger partial charge in [-0.15, -0.1) is 0 Å². The fraction of sp³-hybridized carbons (Fsp3) is 0.615. The molecule has 0 radical (unpaired) electrons. The zero-order valence-corrected chi connectivity index (χ0v) is 11.6. The fourth-order valence-corrected chi connectivity index (χ4v) is 2.37. The fourth-order valence-electron chi connectivity index (χ4n) is 2.37.